The molecule has 30 heavy (non-hydrogen) atoms. The van der Waals surface area contributed by atoms with Gasteiger partial charge in [0.25, 0.3) is 0 Å². The number of carboxylic acid groups (broad SMARTS) is 1. The summed E-state index contributed by atoms with van der Waals surface area (Å²) in [5, 5.41) is 9.67. The highest BCUT2D eigenvalue weighted by Gasteiger charge is 2.26. The van der Waals surface area contributed by atoms with Crippen molar-refractivity contribution in [3.63, 3.8) is 0 Å². The highest BCUT2D eigenvalue weighted by Crippen LogP contribution is 2.36. The maximum absolute atomic E-state index is 11.9. The molecule has 1 aromatic carbocycles. The van der Waals surface area contributed by atoms with Gasteiger partial charge in [0.15, 0.2) is 9.84 Å². The van der Waals surface area contributed by atoms with E-state index in [1.165, 1.54) is 16.7 Å². The fourth-order valence-corrected chi connectivity index (χ4v) is 5.01. The van der Waals surface area contributed by atoms with Crippen LogP contribution in [0.4, 0.5) is 0 Å². The molecule has 3 aromatic rings. The Kier molecular flexibility index (Phi) is 6.88. The number of aromatic nitrogens is 2. The molecule has 1 aliphatic rings. The van der Waals surface area contributed by atoms with Gasteiger partial charge in [0, 0.05) is 40.9 Å². The Hall–Kier alpha value is -2.32. The topological polar surface area (TPSA) is 89.3 Å². The quantitative estimate of drug-likeness (QED) is 0.593. The Morgan fingerprint density at radius 1 is 1.27 bits per heavy atom. The molecule has 4 rings (SSSR count). The van der Waals surface area contributed by atoms with Crippen LogP contribution in [-0.4, -0.2) is 41.6 Å². The number of thioether (sulfide) groups is 1. The lowest BCUT2D eigenvalue weighted by Gasteiger charge is -2.23. The van der Waals surface area contributed by atoms with E-state index < -0.39 is 15.8 Å². The van der Waals surface area contributed by atoms with Crippen LogP contribution in [0.1, 0.15) is 36.4 Å². The first-order chi connectivity index (χ1) is 14.2. The second-order valence-corrected chi connectivity index (χ2v) is 10.4. The van der Waals surface area contributed by atoms with Crippen molar-refractivity contribution in [3.8, 4) is 0 Å². The van der Waals surface area contributed by atoms with Crippen molar-refractivity contribution in [2.24, 2.45) is 0 Å². The third-order valence-corrected chi connectivity index (χ3v) is 7.12. The minimum Gasteiger partial charge on any atom is -0.481 e. The van der Waals surface area contributed by atoms with Gasteiger partial charge < -0.3 is 9.67 Å². The second kappa shape index (κ2) is 9.22. The molecular formula is C22H26N2O4S2. The minimum absolute atomic E-state index is 0.0674. The molecule has 1 atom stereocenters. The Labute approximate surface area is 181 Å². The van der Waals surface area contributed by atoms with Gasteiger partial charge in [-0.25, -0.2) is 8.42 Å². The van der Waals surface area contributed by atoms with Crippen LogP contribution < -0.4 is 0 Å². The number of carbonyl (C=O) groups is 1. The number of nitrogens with zero attached hydrogens (tertiary/aromatic N) is 2. The van der Waals surface area contributed by atoms with Crippen molar-refractivity contribution in [1.29, 1.82) is 0 Å². The van der Waals surface area contributed by atoms with E-state index in [1.54, 1.807) is 18.0 Å². The van der Waals surface area contributed by atoms with Crippen LogP contribution in [0.25, 0.3) is 10.9 Å². The molecule has 0 bridgehead atoms. The van der Waals surface area contributed by atoms with Crippen LogP contribution in [0.15, 0.2) is 52.5 Å². The van der Waals surface area contributed by atoms with Gasteiger partial charge in [0.05, 0.1) is 23.0 Å². The fourth-order valence-electron chi connectivity index (χ4n) is 3.78. The molecule has 2 aromatic heterocycles. The molecule has 0 spiro atoms. The number of carboxylic acids is 1. The first-order valence-corrected chi connectivity index (χ1v) is 12.8. The zero-order chi connectivity index (χ0) is 21.9. The Bertz CT molecular complexity index is 1150. The number of aliphatic carboxylic acids is 1. The van der Waals surface area contributed by atoms with Gasteiger partial charge >= 0.3 is 5.97 Å². The number of pyridine rings is 1. The summed E-state index contributed by atoms with van der Waals surface area (Å²) < 4.78 is 25.8. The van der Waals surface area contributed by atoms with Crippen LogP contribution in [0.3, 0.4) is 0 Å². The molecule has 1 N–H and O–H groups in total. The Morgan fingerprint density at radius 3 is 2.57 bits per heavy atom. The van der Waals surface area contributed by atoms with Crippen molar-refractivity contribution < 1.29 is 18.3 Å². The van der Waals surface area contributed by atoms with E-state index in [1.807, 2.05) is 10.6 Å². The fraction of sp³-hybridized carbons (Fsp3) is 0.364. The lowest BCUT2D eigenvalue weighted by atomic mass is 9.93. The van der Waals surface area contributed by atoms with Crippen molar-refractivity contribution in [2.75, 3.05) is 12.5 Å². The lowest BCUT2D eigenvalue weighted by molar-refractivity contribution is -0.137. The molecule has 1 unspecified atom stereocenters. The second-order valence-electron chi connectivity index (χ2n) is 7.52. The van der Waals surface area contributed by atoms with Crippen LogP contribution in [0.5, 0.6) is 0 Å². The van der Waals surface area contributed by atoms with Gasteiger partial charge in [0.2, 0.25) is 0 Å². The molecule has 0 fully saturated rings. The number of hydrogen-bond donors (Lipinski definition) is 1. The molecule has 3 heterocycles. The van der Waals surface area contributed by atoms with Crippen LogP contribution in [0, 0.1) is 6.92 Å². The van der Waals surface area contributed by atoms with Crippen molar-refractivity contribution >= 4 is 38.5 Å². The first-order valence-electron chi connectivity index (χ1n) is 9.70. The number of aryl methyl sites for hydroxylation is 2. The van der Waals surface area contributed by atoms with Gasteiger partial charge in [-0.2, -0.15) is 0 Å². The van der Waals surface area contributed by atoms with E-state index >= 15 is 0 Å². The molecule has 0 radical (unpaired) electrons. The zero-order valence-electron chi connectivity index (χ0n) is 17.3. The van der Waals surface area contributed by atoms with Gasteiger partial charge in [-0.3, -0.25) is 9.78 Å². The van der Waals surface area contributed by atoms with E-state index in [-0.39, 0.29) is 17.2 Å². The number of sulfone groups is 1. The molecule has 160 valence electrons. The van der Waals surface area contributed by atoms with E-state index in [2.05, 4.69) is 42.4 Å². The molecule has 0 aliphatic carbocycles. The van der Waals surface area contributed by atoms with Gasteiger partial charge in [-0.05, 0) is 44.2 Å². The molecule has 0 saturated carbocycles. The first kappa shape index (κ1) is 22.4. The maximum Gasteiger partial charge on any atom is 0.304 e. The monoisotopic (exact) mass is 446 g/mol. The predicted octanol–water partition coefficient (Wildman–Crippen LogP) is 4.51. The highest BCUT2D eigenvalue weighted by atomic mass is 32.2. The number of fused-ring (bicyclic) bond motifs is 3. The van der Waals surface area contributed by atoms with Crippen molar-refractivity contribution in [2.45, 2.75) is 48.4 Å². The van der Waals surface area contributed by atoms with Crippen LogP contribution in [-0.2, 0) is 21.2 Å². The summed E-state index contributed by atoms with van der Waals surface area (Å²) in [5.41, 5.74) is 2.99. The number of benzene rings is 1. The summed E-state index contributed by atoms with van der Waals surface area (Å²) in [7, 11) is -3.36. The van der Waals surface area contributed by atoms with Crippen LogP contribution >= 0.6 is 11.8 Å². The van der Waals surface area contributed by atoms with E-state index in [4.69, 9.17) is 5.11 Å². The Balaban J connectivity index is 0.000000239. The molecule has 0 amide bonds. The molecule has 1 aliphatic heterocycles. The summed E-state index contributed by atoms with van der Waals surface area (Å²) in [6.07, 6.45) is 8.02. The molecular weight excluding hydrogens is 420 g/mol. The summed E-state index contributed by atoms with van der Waals surface area (Å²) in [4.78, 5) is 16.6. The van der Waals surface area contributed by atoms with Crippen molar-refractivity contribution in [1.82, 2.24) is 9.55 Å². The predicted molar refractivity (Wildman–Crippen MR) is 120 cm³/mol. The standard InChI is InChI=1S/C14H16N2O4S.C8H10S/c1-21(19,20)13-8-15-7-12-10(13)6-11-9(5-14(17)18)3-2-4-16(11)12;1-7-3-5-8(9-2)6-4-7/h6-9H,2-5H2,1H3,(H,17,18);3-6H,1-2H3. The lowest BCUT2D eigenvalue weighted by Crippen LogP contribution is -2.17. The van der Waals surface area contributed by atoms with Gasteiger partial charge in [-0.1, -0.05) is 17.7 Å². The average molecular weight is 447 g/mol. The normalized spacial score (nSPS) is 15.9. The maximum atomic E-state index is 11.9. The summed E-state index contributed by atoms with van der Waals surface area (Å²) in [6, 6.07) is 10.4. The smallest absolute Gasteiger partial charge is 0.304 e. The minimum atomic E-state index is -3.36. The average Bonchev–Trinajstić information content (AvgIpc) is 3.08. The largest absolute Gasteiger partial charge is 0.481 e. The van der Waals surface area contributed by atoms with Gasteiger partial charge in [0.1, 0.15) is 0 Å². The van der Waals surface area contributed by atoms with E-state index in [9.17, 15) is 13.2 Å². The number of hydrogen-bond acceptors (Lipinski definition) is 5. The van der Waals surface area contributed by atoms with Crippen molar-refractivity contribution in [3.05, 3.63) is 54.0 Å². The zero-order valence-corrected chi connectivity index (χ0v) is 19.0. The summed E-state index contributed by atoms with van der Waals surface area (Å²) in [5.74, 6) is -0.906. The van der Waals surface area contributed by atoms with Crippen LogP contribution in [0.2, 0.25) is 0 Å². The third-order valence-electron chi connectivity index (χ3n) is 5.25. The molecule has 6 nitrogen and oxygen atoms in total. The number of rotatable bonds is 4. The van der Waals surface area contributed by atoms with E-state index in [0.29, 0.717) is 5.39 Å². The third kappa shape index (κ3) is 5.05. The summed E-state index contributed by atoms with van der Waals surface area (Å²) in [6.45, 7) is 2.87. The molecule has 0 saturated heterocycles. The van der Waals surface area contributed by atoms with E-state index in [0.717, 1.165) is 36.9 Å². The SMILES string of the molecule is CS(=O)(=O)c1cncc2c1cc1n2CCCC1CC(=O)O.CSc1ccc(C)cc1. The van der Waals surface area contributed by atoms with Gasteiger partial charge in [-0.15, -0.1) is 11.8 Å². The summed E-state index contributed by atoms with van der Waals surface area (Å²) >= 11 is 1.78. The molecule has 8 heteroatoms. The Morgan fingerprint density at radius 2 is 1.97 bits per heavy atom. The highest BCUT2D eigenvalue weighted by molar-refractivity contribution is 7.98.